The van der Waals surface area contributed by atoms with Crippen LogP contribution in [0.2, 0.25) is 0 Å². The largest absolute Gasteiger partial charge is 0.393 e. The highest BCUT2D eigenvalue weighted by Crippen LogP contribution is 2.71. The molecule has 8 saturated carbocycles. The van der Waals surface area contributed by atoms with Crippen LogP contribution >= 0.6 is 0 Å². The Hall–Kier alpha value is -1.26. The summed E-state index contributed by atoms with van der Waals surface area (Å²) in [6.45, 7) is 26.0. The molecule has 0 unspecified atom stereocenters. The van der Waals surface area contributed by atoms with Gasteiger partial charge in [-0.05, 0) is 246 Å². The Kier molecular flexibility index (Phi) is 17.7. The monoisotopic (exact) mass is 978 g/mol. The summed E-state index contributed by atoms with van der Waals surface area (Å²) in [4.78, 5) is 28.9. The second kappa shape index (κ2) is 22.5. The van der Waals surface area contributed by atoms with Crippen LogP contribution in [0.25, 0.3) is 0 Å². The van der Waals surface area contributed by atoms with E-state index < -0.39 is 0 Å². The van der Waals surface area contributed by atoms with Crippen LogP contribution in [0.1, 0.15) is 210 Å². The first-order valence-corrected chi connectivity index (χ1v) is 30.3. The summed E-state index contributed by atoms with van der Waals surface area (Å²) in [5.41, 5.74) is 0.900. The van der Waals surface area contributed by atoms with Crippen molar-refractivity contribution in [3.63, 3.8) is 0 Å². The van der Waals surface area contributed by atoms with E-state index in [0.717, 1.165) is 103 Å². The third kappa shape index (κ3) is 10.3. The summed E-state index contributed by atoms with van der Waals surface area (Å²) < 4.78 is 0. The minimum absolute atomic E-state index is 0.178. The predicted octanol–water partition coefficient (Wildman–Crippen LogP) is 10.8. The lowest BCUT2D eigenvalue weighted by Crippen LogP contribution is -2.62. The normalized spacial score (nSPS) is 46.1. The molecule has 0 aromatic rings. The molecule has 8 fully saturated rings. The molecule has 9 nitrogen and oxygen atoms in total. The fourth-order valence-corrected chi connectivity index (χ4v) is 20.9. The third-order valence-corrected chi connectivity index (χ3v) is 24.4. The van der Waals surface area contributed by atoms with Gasteiger partial charge in [-0.3, -0.25) is 9.59 Å². The molecule has 0 heterocycles. The maximum Gasteiger partial charge on any atom is 0.220 e. The average molecular weight is 979 g/mol. The van der Waals surface area contributed by atoms with E-state index in [1.54, 1.807) is 0 Å². The number of nitrogens with one attached hydrogen (secondary N) is 2. The predicted molar refractivity (Wildman–Crippen MR) is 282 cm³/mol. The van der Waals surface area contributed by atoms with E-state index in [2.05, 4.69) is 77.8 Å². The summed E-state index contributed by atoms with van der Waals surface area (Å²) in [6, 6.07) is 0. The van der Waals surface area contributed by atoms with Gasteiger partial charge in [0, 0.05) is 25.9 Å². The molecule has 0 radical (unpaired) electrons. The highest BCUT2D eigenvalue weighted by atomic mass is 16.3. The van der Waals surface area contributed by atoms with Crippen molar-refractivity contribution in [1.82, 2.24) is 15.5 Å². The van der Waals surface area contributed by atoms with Gasteiger partial charge in [-0.15, -0.1) is 0 Å². The smallest absolute Gasteiger partial charge is 0.220 e. The number of rotatable bonds is 20. The first-order valence-electron chi connectivity index (χ1n) is 30.3. The zero-order valence-corrected chi connectivity index (χ0v) is 46.2. The molecule has 8 aliphatic rings. The first-order chi connectivity index (χ1) is 33.4. The Bertz CT molecular complexity index is 1630. The quantitative estimate of drug-likeness (QED) is 0.0667. The SMILES string of the molecule is CCCN(CCCNC(=O)CC[C@@H](C)[C@H]1CC[C@H]2[C@@H]3[C@H](O)[C@H](CC)[C@@H]4C[C@H](O)CC[C@]4(C)[C@H]3CC[C@]12C)CCCNC(=O)CC[C@@H](C)[C@H]1CC[C@H]2[C@@H]3[C@H](O)[C@H](CC)[C@@H]4C[C@H](O)CC[C@]4(C)[C@H]3CC[C@]12C. The third-order valence-electron chi connectivity index (χ3n) is 24.4. The number of carbonyl (C=O) groups is 2. The summed E-state index contributed by atoms with van der Waals surface area (Å²) in [5.74, 6) is 6.90. The molecule has 22 atom stereocenters. The standard InChI is InChI=1S/C61H107N3O6/c1-10-33-64(34-13-31-62-52(67)21-15-38(4)44-17-19-46-54-48(25-29-58(44,46)6)60(8)27-23-40(65)36-50(60)42(11-2)56(54)69)35-14-32-63-53(68)22-16-39(5)45-18-20-47-55-49(26-30-59(45,47)7)61(9)28-24-41(66)37-51(61)43(12-3)57(55)70/h38-51,54-57,65-66,69-70H,10-37H2,1-9H3,(H,62,67)(H,63,68)/t38-,39-,40-,41-,42-,43-,44-,45-,46+,47+,48+,49+,50+,51+,54+,55+,56-,57-,58-,59-,60-,61-/m1/s1. The van der Waals surface area contributed by atoms with E-state index in [9.17, 15) is 30.0 Å². The van der Waals surface area contributed by atoms with Crippen molar-refractivity contribution >= 4 is 11.8 Å². The fraction of sp³-hybridized carbons (Fsp3) is 0.967. The van der Waals surface area contributed by atoms with Crippen LogP contribution in [0.5, 0.6) is 0 Å². The summed E-state index contributed by atoms with van der Waals surface area (Å²) in [5, 5.41) is 52.1. The number of aliphatic hydroxyl groups is 4. The van der Waals surface area contributed by atoms with E-state index >= 15 is 0 Å². The van der Waals surface area contributed by atoms with Gasteiger partial charge in [0.05, 0.1) is 24.4 Å². The summed E-state index contributed by atoms with van der Waals surface area (Å²) in [6.07, 6.45) is 22.5. The number of hydrogen-bond donors (Lipinski definition) is 6. The lowest BCUT2D eigenvalue weighted by atomic mass is 9.41. The fourth-order valence-electron chi connectivity index (χ4n) is 20.9. The molecule has 0 aromatic carbocycles. The van der Waals surface area contributed by atoms with E-state index in [1.165, 1.54) is 51.4 Å². The van der Waals surface area contributed by atoms with Crippen LogP contribution in [0.15, 0.2) is 0 Å². The molecular formula is C61H107N3O6. The summed E-state index contributed by atoms with van der Waals surface area (Å²) >= 11 is 0. The molecule has 402 valence electrons. The lowest BCUT2D eigenvalue weighted by Gasteiger charge is -2.64. The first kappa shape index (κ1) is 55.0. The molecule has 0 saturated heterocycles. The second-order valence-corrected chi connectivity index (χ2v) is 27.5. The van der Waals surface area contributed by atoms with E-state index in [0.29, 0.717) is 96.9 Å². The topological polar surface area (TPSA) is 142 Å². The van der Waals surface area contributed by atoms with Gasteiger partial charge in [0.2, 0.25) is 11.8 Å². The van der Waals surface area contributed by atoms with Gasteiger partial charge >= 0.3 is 0 Å². The molecule has 70 heavy (non-hydrogen) atoms. The molecule has 0 spiro atoms. The molecular weight excluding hydrogens is 871 g/mol. The minimum Gasteiger partial charge on any atom is -0.393 e. The van der Waals surface area contributed by atoms with Crippen LogP contribution in [0, 0.1) is 105 Å². The zero-order chi connectivity index (χ0) is 50.3. The van der Waals surface area contributed by atoms with Gasteiger partial charge in [-0.2, -0.15) is 0 Å². The molecule has 0 bridgehead atoms. The molecule has 6 N–H and O–H groups in total. The van der Waals surface area contributed by atoms with Crippen molar-refractivity contribution in [1.29, 1.82) is 0 Å². The molecule has 0 aliphatic heterocycles. The molecule has 9 heteroatoms. The number of nitrogens with zero attached hydrogens (tertiary/aromatic N) is 1. The van der Waals surface area contributed by atoms with Crippen molar-refractivity contribution in [2.24, 2.45) is 105 Å². The lowest BCUT2D eigenvalue weighted by molar-refractivity contribution is -0.203. The highest BCUT2D eigenvalue weighted by Gasteiger charge is 2.67. The number of carbonyl (C=O) groups excluding carboxylic acids is 2. The van der Waals surface area contributed by atoms with Gasteiger partial charge in [-0.1, -0.05) is 75.2 Å². The number of fused-ring (bicyclic) bond motifs is 10. The second-order valence-electron chi connectivity index (χ2n) is 27.5. The van der Waals surface area contributed by atoms with Gasteiger partial charge in [0.1, 0.15) is 0 Å². The Morgan fingerprint density at radius 3 is 1.30 bits per heavy atom. The Labute approximate surface area is 427 Å². The van der Waals surface area contributed by atoms with Gasteiger partial charge < -0.3 is 36.0 Å². The zero-order valence-electron chi connectivity index (χ0n) is 46.2. The number of aliphatic hydroxyl groups excluding tert-OH is 4. The van der Waals surface area contributed by atoms with Gasteiger partial charge in [0.15, 0.2) is 0 Å². The molecule has 8 aliphatic carbocycles. The molecule has 0 aromatic heterocycles. The van der Waals surface area contributed by atoms with Crippen molar-refractivity contribution in [2.45, 2.75) is 234 Å². The van der Waals surface area contributed by atoms with E-state index in [4.69, 9.17) is 0 Å². The Morgan fingerprint density at radius 2 is 0.914 bits per heavy atom. The van der Waals surface area contributed by atoms with Crippen LogP contribution in [-0.2, 0) is 9.59 Å². The molecule has 8 rings (SSSR count). The average Bonchev–Trinajstić information content (AvgIpc) is 3.88. The van der Waals surface area contributed by atoms with E-state index in [-0.39, 0.29) is 69.7 Å². The van der Waals surface area contributed by atoms with E-state index in [1.807, 2.05) is 0 Å². The van der Waals surface area contributed by atoms with Crippen molar-refractivity contribution in [3.05, 3.63) is 0 Å². The van der Waals surface area contributed by atoms with Crippen LogP contribution in [-0.4, -0.2) is 94.3 Å². The van der Waals surface area contributed by atoms with Crippen molar-refractivity contribution in [3.8, 4) is 0 Å². The highest BCUT2D eigenvalue weighted by molar-refractivity contribution is 5.76. The number of hydrogen-bond acceptors (Lipinski definition) is 7. The van der Waals surface area contributed by atoms with Crippen LogP contribution < -0.4 is 10.6 Å². The van der Waals surface area contributed by atoms with Gasteiger partial charge in [-0.25, -0.2) is 0 Å². The maximum absolute atomic E-state index is 13.2. The minimum atomic E-state index is -0.262. The summed E-state index contributed by atoms with van der Waals surface area (Å²) in [7, 11) is 0. The Morgan fingerprint density at radius 1 is 0.529 bits per heavy atom. The van der Waals surface area contributed by atoms with Crippen molar-refractivity contribution < 1.29 is 30.0 Å². The maximum atomic E-state index is 13.2. The Balaban J connectivity index is 0.718. The van der Waals surface area contributed by atoms with Gasteiger partial charge in [0.25, 0.3) is 0 Å². The van der Waals surface area contributed by atoms with Crippen LogP contribution in [0.4, 0.5) is 0 Å². The number of amides is 2. The molecule has 2 amide bonds. The van der Waals surface area contributed by atoms with Crippen LogP contribution in [0.3, 0.4) is 0 Å². The van der Waals surface area contributed by atoms with Crippen molar-refractivity contribution in [2.75, 3.05) is 32.7 Å².